The highest BCUT2D eigenvalue weighted by Gasteiger charge is 2.33. The van der Waals surface area contributed by atoms with Gasteiger partial charge in [0.25, 0.3) is 5.91 Å². The summed E-state index contributed by atoms with van der Waals surface area (Å²) >= 11 is 0. The van der Waals surface area contributed by atoms with Gasteiger partial charge in [-0.2, -0.15) is 13.2 Å². The molecule has 2 aromatic rings. The fraction of sp³-hybridized carbons (Fsp3) is 0.294. The Bertz CT molecular complexity index is 837. The minimum atomic E-state index is -4.41. The third-order valence-corrected chi connectivity index (χ3v) is 4.25. The highest BCUT2D eigenvalue weighted by molar-refractivity contribution is 5.93. The van der Waals surface area contributed by atoms with E-state index >= 15 is 0 Å². The van der Waals surface area contributed by atoms with Crippen molar-refractivity contribution >= 4 is 11.9 Å². The minimum absolute atomic E-state index is 0.000285. The standard InChI is InChI=1S/C17H14F3N3O3/c18-17(19,20)12-3-1-2-10(6-12)11-4-5-23(9-11)15(24)13-7-22-14(8-21-13)16(25)26/h1-3,6-8,11H,4-5,9H2,(H,25,26). The molecular formula is C17H14F3N3O3. The number of hydrogen-bond donors (Lipinski definition) is 1. The van der Waals surface area contributed by atoms with Gasteiger partial charge < -0.3 is 10.0 Å². The molecule has 26 heavy (non-hydrogen) atoms. The molecule has 1 N–H and O–H groups in total. The van der Waals surface area contributed by atoms with Crippen LogP contribution in [-0.2, 0) is 6.18 Å². The molecule has 1 aliphatic heterocycles. The SMILES string of the molecule is O=C(O)c1cnc(C(=O)N2CCC(c3cccc(C(F)(F)F)c3)C2)cn1. The van der Waals surface area contributed by atoms with Crippen LogP contribution in [0.15, 0.2) is 36.7 Å². The second kappa shape index (κ2) is 6.74. The molecule has 2 heterocycles. The summed E-state index contributed by atoms with van der Waals surface area (Å²) in [4.78, 5) is 32.1. The Balaban J connectivity index is 1.72. The van der Waals surface area contributed by atoms with Crippen molar-refractivity contribution < 1.29 is 27.9 Å². The molecule has 1 saturated heterocycles. The summed E-state index contributed by atoms with van der Waals surface area (Å²) in [5.74, 6) is -1.88. The van der Waals surface area contributed by atoms with Crippen molar-refractivity contribution in [3.05, 3.63) is 59.2 Å². The third-order valence-electron chi connectivity index (χ3n) is 4.25. The number of nitrogens with zero attached hydrogens (tertiary/aromatic N) is 3. The number of carboxylic acid groups (broad SMARTS) is 1. The van der Waals surface area contributed by atoms with Gasteiger partial charge in [0.05, 0.1) is 18.0 Å². The van der Waals surface area contributed by atoms with Crippen LogP contribution in [0.3, 0.4) is 0 Å². The van der Waals surface area contributed by atoms with Crippen LogP contribution in [0, 0.1) is 0 Å². The number of likely N-dealkylation sites (tertiary alicyclic amines) is 1. The van der Waals surface area contributed by atoms with E-state index in [9.17, 15) is 22.8 Å². The maximum Gasteiger partial charge on any atom is 0.416 e. The van der Waals surface area contributed by atoms with Crippen molar-refractivity contribution in [1.29, 1.82) is 0 Å². The van der Waals surface area contributed by atoms with Gasteiger partial charge in [0, 0.05) is 19.0 Å². The normalized spacial score (nSPS) is 17.3. The molecule has 0 saturated carbocycles. The third kappa shape index (κ3) is 3.66. The lowest BCUT2D eigenvalue weighted by Gasteiger charge is -2.17. The van der Waals surface area contributed by atoms with Crippen LogP contribution in [0.1, 0.15) is 44.4 Å². The number of benzene rings is 1. The topological polar surface area (TPSA) is 83.4 Å². The second-order valence-corrected chi connectivity index (χ2v) is 5.95. The summed E-state index contributed by atoms with van der Waals surface area (Å²) in [6.45, 7) is 0.643. The number of aromatic carboxylic acids is 1. The van der Waals surface area contributed by atoms with Crippen LogP contribution < -0.4 is 0 Å². The molecule has 0 aliphatic carbocycles. The lowest BCUT2D eigenvalue weighted by Crippen LogP contribution is -2.29. The van der Waals surface area contributed by atoms with E-state index in [1.807, 2.05) is 0 Å². The van der Waals surface area contributed by atoms with E-state index in [1.54, 1.807) is 6.07 Å². The maximum absolute atomic E-state index is 12.8. The quantitative estimate of drug-likeness (QED) is 0.904. The van der Waals surface area contributed by atoms with E-state index in [-0.39, 0.29) is 23.9 Å². The monoisotopic (exact) mass is 365 g/mol. The first-order chi connectivity index (χ1) is 12.3. The zero-order chi connectivity index (χ0) is 18.9. The molecule has 1 fully saturated rings. The minimum Gasteiger partial charge on any atom is -0.476 e. The summed E-state index contributed by atoms with van der Waals surface area (Å²) < 4.78 is 38.5. The van der Waals surface area contributed by atoms with Gasteiger partial charge in [-0.05, 0) is 18.1 Å². The predicted octanol–water partition coefficient (Wildman–Crippen LogP) is 2.82. The molecule has 6 nitrogen and oxygen atoms in total. The van der Waals surface area contributed by atoms with Gasteiger partial charge >= 0.3 is 12.1 Å². The molecule has 1 aromatic carbocycles. The van der Waals surface area contributed by atoms with Gasteiger partial charge in [-0.25, -0.2) is 14.8 Å². The van der Waals surface area contributed by atoms with Crippen LogP contribution in [-0.4, -0.2) is 44.9 Å². The Kier molecular flexibility index (Phi) is 4.62. The molecule has 1 aromatic heterocycles. The molecule has 136 valence electrons. The van der Waals surface area contributed by atoms with Crippen molar-refractivity contribution in [3.8, 4) is 0 Å². The van der Waals surface area contributed by atoms with Gasteiger partial charge in [0.1, 0.15) is 5.69 Å². The first-order valence-corrected chi connectivity index (χ1v) is 7.77. The molecule has 3 rings (SSSR count). The number of carbonyl (C=O) groups is 2. The average Bonchev–Trinajstić information content (AvgIpc) is 3.10. The first-order valence-electron chi connectivity index (χ1n) is 7.77. The van der Waals surface area contributed by atoms with Gasteiger partial charge in [-0.1, -0.05) is 18.2 Å². The van der Waals surface area contributed by atoms with E-state index in [1.165, 1.54) is 11.0 Å². The van der Waals surface area contributed by atoms with Gasteiger partial charge in [-0.3, -0.25) is 4.79 Å². The number of hydrogen-bond acceptors (Lipinski definition) is 4. The van der Waals surface area contributed by atoms with E-state index in [4.69, 9.17) is 5.11 Å². The zero-order valence-corrected chi connectivity index (χ0v) is 13.4. The number of aromatic nitrogens is 2. The average molecular weight is 365 g/mol. The molecule has 9 heteroatoms. The van der Waals surface area contributed by atoms with E-state index < -0.39 is 23.6 Å². The van der Waals surface area contributed by atoms with Crippen LogP contribution in [0.4, 0.5) is 13.2 Å². The molecular weight excluding hydrogens is 351 g/mol. The Morgan fingerprint density at radius 3 is 2.46 bits per heavy atom. The fourth-order valence-electron chi connectivity index (χ4n) is 2.90. The molecule has 1 atom stereocenters. The molecule has 0 spiro atoms. The molecule has 1 amide bonds. The smallest absolute Gasteiger partial charge is 0.416 e. The fourth-order valence-corrected chi connectivity index (χ4v) is 2.90. The summed E-state index contributed by atoms with van der Waals surface area (Å²) in [5.41, 5.74) is -0.457. The van der Waals surface area contributed by atoms with E-state index in [2.05, 4.69) is 9.97 Å². The molecule has 0 bridgehead atoms. The van der Waals surface area contributed by atoms with Crippen LogP contribution >= 0.6 is 0 Å². The van der Waals surface area contributed by atoms with Crippen molar-refractivity contribution in [2.45, 2.75) is 18.5 Å². The Labute approximate surface area is 146 Å². The summed E-state index contributed by atoms with van der Waals surface area (Å²) in [6.07, 6.45) is -1.79. The van der Waals surface area contributed by atoms with Gasteiger partial charge in [0.15, 0.2) is 5.69 Å². The van der Waals surface area contributed by atoms with Crippen LogP contribution in [0.5, 0.6) is 0 Å². The Hall–Kier alpha value is -2.97. The largest absolute Gasteiger partial charge is 0.476 e. The Morgan fingerprint density at radius 2 is 1.85 bits per heavy atom. The summed E-state index contributed by atoms with van der Waals surface area (Å²) in [6, 6.07) is 5.11. The summed E-state index contributed by atoms with van der Waals surface area (Å²) in [5, 5.41) is 8.79. The van der Waals surface area contributed by atoms with Gasteiger partial charge in [-0.15, -0.1) is 0 Å². The molecule has 1 aliphatic rings. The van der Waals surface area contributed by atoms with E-state index in [0.29, 0.717) is 18.5 Å². The van der Waals surface area contributed by atoms with Crippen molar-refractivity contribution in [3.63, 3.8) is 0 Å². The number of halogens is 3. The van der Waals surface area contributed by atoms with Crippen molar-refractivity contribution in [2.24, 2.45) is 0 Å². The number of alkyl halides is 3. The number of amides is 1. The second-order valence-electron chi connectivity index (χ2n) is 5.95. The van der Waals surface area contributed by atoms with Crippen LogP contribution in [0.25, 0.3) is 0 Å². The number of rotatable bonds is 3. The van der Waals surface area contributed by atoms with Crippen LogP contribution in [0.2, 0.25) is 0 Å². The Morgan fingerprint density at radius 1 is 1.15 bits per heavy atom. The molecule has 0 radical (unpaired) electrons. The maximum atomic E-state index is 12.8. The van der Waals surface area contributed by atoms with Crippen molar-refractivity contribution in [1.82, 2.24) is 14.9 Å². The highest BCUT2D eigenvalue weighted by Crippen LogP contribution is 2.34. The van der Waals surface area contributed by atoms with Crippen molar-refractivity contribution in [2.75, 3.05) is 13.1 Å². The van der Waals surface area contributed by atoms with Gasteiger partial charge in [0.2, 0.25) is 0 Å². The lowest BCUT2D eigenvalue weighted by molar-refractivity contribution is -0.137. The first kappa shape index (κ1) is 17.8. The summed E-state index contributed by atoms with van der Waals surface area (Å²) in [7, 11) is 0. The predicted molar refractivity (Wildman–Crippen MR) is 83.7 cm³/mol. The molecule has 1 unspecified atom stereocenters. The number of carboxylic acids is 1. The van der Waals surface area contributed by atoms with E-state index in [0.717, 1.165) is 24.5 Å². The zero-order valence-electron chi connectivity index (χ0n) is 13.4. The lowest BCUT2D eigenvalue weighted by atomic mass is 9.96. The highest BCUT2D eigenvalue weighted by atomic mass is 19.4. The number of carbonyl (C=O) groups excluding carboxylic acids is 1.